The van der Waals surface area contributed by atoms with Gasteiger partial charge in [-0.3, -0.25) is 10.1 Å². The van der Waals surface area contributed by atoms with Gasteiger partial charge in [0.1, 0.15) is 5.82 Å². The maximum atomic E-state index is 13.2. The van der Waals surface area contributed by atoms with Crippen molar-refractivity contribution in [1.29, 1.82) is 0 Å². The number of nitrogens with zero attached hydrogens (tertiary/aromatic N) is 1. The quantitative estimate of drug-likeness (QED) is 0.483. The Balaban J connectivity index is 3.11. The summed E-state index contributed by atoms with van der Waals surface area (Å²) < 4.78 is 22.7. The molecule has 0 aliphatic heterocycles. The van der Waals surface area contributed by atoms with E-state index in [0.29, 0.717) is 6.07 Å². The van der Waals surface area contributed by atoms with Gasteiger partial charge in [-0.1, -0.05) is 0 Å². The van der Waals surface area contributed by atoms with Crippen LogP contribution in [0.1, 0.15) is 6.92 Å². The molecule has 18 heavy (non-hydrogen) atoms. The van der Waals surface area contributed by atoms with Crippen LogP contribution in [0.3, 0.4) is 0 Å². The number of carbonyl (C=O) groups excluding carboxylic acids is 1. The fourth-order valence-corrected chi connectivity index (χ4v) is 1.48. The molecule has 1 aromatic rings. The van der Waals surface area contributed by atoms with Gasteiger partial charge in [0, 0.05) is 6.07 Å². The second-order valence-electron chi connectivity index (χ2n) is 3.27. The highest BCUT2D eigenvalue weighted by atomic mass is 79.9. The second-order valence-corrected chi connectivity index (χ2v) is 4.13. The van der Waals surface area contributed by atoms with Crippen LogP contribution in [0.2, 0.25) is 0 Å². The van der Waals surface area contributed by atoms with Gasteiger partial charge in [-0.15, -0.1) is 0 Å². The maximum absolute atomic E-state index is 13.2. The Kier molecular flexibility index (Phi) is 4.60. The summed E-state index contributed by atoms with van der Waals surface area (Å²) in [7, 11) is 1.16. The predicted octanol–water partition coefficient (Wildman–Crippen LogP) is 2.44. The Morgan fingerprint density at radius 3 is 2.67 bits per heavy atom. The molecule has 1 rings (SSSR count). The molecule has 0 radical (unpaired) electrons. The maximum Gasteiger partial charge on any atom is 0.346 e. The average Bonchev–Trinajstić information content (AvgIpc) is 2.31. The van der Waals surface area contributed by atoms with Gasteiger partial charge in [0.05, 0.1) is 22.6 Å². The number of nitro benzene ring substituents is 1. The minimum atomic E-state index is -1.04. The zero-order valence-corrected chi connectivity index (χ0v) is 11.1. The molecule has 0 aliphatic rings. The van der Waals surface area contributed by atoms with E-state index < -0.39 is 28.5 Å². The summed E-state index contributed by atoms with van der Waals surface area (Å²) in [5.41, 5.74) is -0.563. The number of carbonyl (C=O) groups is 1. The van der Waals surface area contributed by atoms with Crippen molar-refractivity contribution < 1.29 is 23.6 Å². The highest BCUT2D eigenvalue weighted by molar-refractivity contribution is 9.10. The van der Waals surface area contributed by atoms with Crippen LogP contribution in [0.15, 0.2) is 16.6 Å². The smallest absolute Gasteiger partial charge is 0.346 e. The van der Waals surface area contributed by atoms with E-state index in [4.69, 9.17) is 4.74 Å². The molecule has 0 aromatic heterocycles. The number of hydrogen-bond acceptors (Lipinski definition) is 5. The van der Waals surface area contributed by atoms with E-state index in [0.717, 1.165) is 13.2 Å². The molecule has 8 heteroatoms. The summed E-state index contributed by atoms with van der Waals surface area (Å²) in [6.45, 7) is 1.37. The third kappa shape index (κ3) is 3.16. The van der Waals surface area contributed by atoms with Crippen LogP contribution >= 0.6 is 15.9 Å². The van der Waals surface area contributed by atoms with E-state index in [1.165, 1.54) is 6.92 Å². The summed E-state index contributed by atoms with van der Waals surface area (Å²) >= 11 is 2.88. The van der Waals surface area contributed by atoms with Crippen molar-refractivity contribution in [3.05, 3.63) is 32.5 Å². The lowest BCUT2D eigenvalue weighted by Crippen LogP contribution is -2.25. The van der Waals surface area contributed by atoms with Gasteiger partial charge in [-0.2, -0.15) is 0 Å². The normalized spacial score (nSPS) is 11.8. The molecule has 1 aromatic carbocycles. The van der Waals surface area contributed by atoms with Crippen molar-refractivity contribution in [3.8, 4) is 5.75 Å². The summed E-state index contributed by atoms with van der Waals surface area (Å²) in [5.74, 6) is -1.70. The Morgan fingerprint density at radius 1 is 1.56 bits per heavy atom. The molecule has 0 fully saturated rings. The molecule has 0 heterocycles. The van der Waals surface area contributed by atoms with Crippen molar-refractivity contribution >= 4 is 27.6 Å². The Hall–Kier alpha value is -1.70. The van der Waals surface area contributed by atoms with E-state index in [1.54, 1.807) is 0 Å². The predicted molar refractivity (Wildman–Crippen MR) is 62.9 cm³/mol. The first-order valence-electron chi connectivity index (χ1n) is 4.74. The number of halogens is 2. The lowest BCUT2D eigenvalue weighted by atomic mass is 10.3. The van der Waals surface area contributed by atoms with E-state index in [-0.39, 0.29) is 10.2 Å². The Morgan fingerprint density at radius 2 is 2.17 bits per heavy atom. The summed E-state index contributed by atoms with van der Waals surface area (Å²) in [6.07, 6.45) is -1.04. The summed E-state index contributed by atoms with van der Waals surface area (Å²) in [6, 6.07) is 1.80. The van der Waals surface area contributed by atoms with Crippen LogP contribution in [0.4, 0.5) is 10.1 Å². The van der Waals surface area contributed by atoms with E-state index in [2.05, 4.69) is 20.7 Å². The fraction of sp³-hybridized carbons (Fsp3) is 0.300. The molecular weight excluding hydrogens is 313 g/mol. The molecule has 0 amide bonds. The monoisotopic (exact) mass is 321 g/mol. The molecule has 0 bridgehead atoms. The minimum Gasteiger partial charge on any atom is -0.472 e. The SMILES string of the molecule is COC(=O)[C@@H](C)Oc1cc(Br)c(F)cc1[N+](=O)[O-]. The lowest BCUT2D eigenvalue weighted by molar-refractivity contribution is -0.386. The molecule has 6 nitrogen and oxygen atoms in total. The van der Waals surface area contributed by atoms with Crippen molar-refractivity contribution in [2.45, 2.75) is 13.0 Å². The molecule has 0 saturated heterocycles. The minimum absolute atomic E-state index is 0.000154. The topological polar surface area (TPSA) is 78.7 Å². The number of esters is 1. The molecular formula is C10H9BrFNO5. The van der Waals surface area contributed by atoms with Crippen LogP contribution < -0.4 is 4.74 Å². The first kappa shape index (κ1) is 14.4. The third-order valence-corrected chi connectivity index (χ3v) is 2.64. The highest BCUT2D eigenvalue weighted by Crippen LogP contribution is 2.33. The van der Waals surface area contributed by atoms with Gasteiger partial charge in [0.25, 0.3) is 0 Å². The Labute approximate surface area is 110 Å². The zero-order valence-electron chi connectivity index (χ0n) is 9.48. The third-order valence-electron chi connectivity index (χ3n) is 2.04. The molecule has 1 atom stereocenters. The van der Waals surface area contributed by atoms with Crippen LogP contribution in [0.5, 0.6) is 5.75 Å². The molecule has 0 unspecified atom stereocenters. The fourth-order valence-electron chi connectivity index (χ4n) is 1.16. The van der Waals surface area contributed by atoms with Crippen molar-refractivity contribution in [2.24, 2.45) is 0 Å². The van der Waals surface area contributed by atoms with E-state index >= 15 is 0 Å². The highest BCUT2D eigenvalue weighted by Gasteiger charge is 2.23. The lowest BCUT2D eigenvalue weighted by Gasteiger charge is -2.12. The Bertz CT molecular complexity index is 493. The van der Waals surface area contributed by atoms with Crippen molar-refractivity contribution in [2.75, 3.05) is 7.11 Å². The van der Waals surface area contributed by atoms with Crippen LogP contribution in [-0.2, 0) is 9.53 Å². The van der Waals surface area contributed by atoms with Crippen molar-refractivity contribution in [3.63, 3.8) is 0 Å². The number of hydrogen-bond donors (Lipinski definition) is 0. The molecule has 0 saturated carbocycles. The van der Waals surface area contributed by atoms with Gasteiger partial charge >= 0.3 is 11.7 Å². The number of methoxy groups -OCH3 is 1. The zero-order chi connectivity index (χ0) is 13.9. The van der Waals surface area contributed by atoms with Crippen molar-refractivity contribution in [1.82, 2.24) is 0 Å². The molecule has 0 aliphatic carbocycles. The summed E-state index contributed by atoms with van der Waals surface area (Å²) in [4.78, 5) is 21.1. The first-order valence-corrected chi connectivity index (χ1v) is 5.54. The van der Waals surface area contributed by atoms with Gasteiger partial charge in [-0.25, -0.2) is 9.18 Å². The van der Waals surface area contributed by atoms with Crippen LogP contribution in [0.25, 0.3) is 0 Å². The molecule has 0 N–H and O–H groups in total. The number of ether oxygens (including phenoxy) is 2. The molecule has 98 valence electrons. The van der Waals surface area contributed by atoms with Gasteiger partial charge < -0.3 is 9.47 Å². The number of rotatable bonds is 4. The van der Waals surface area contributed by atoms with E-state index in [1.807, 2.05) is 0 Å². The average molecular weight is 322 g/mol. The van der Waals surface area contributed by atoms with Crippen LogP contribution in [0, 0.1) is 15.9 Å². The first-order chi connectivity index (χ1) is 8.36. The van der Waals surface area contributed by atoms with Gasteiger partial charge in [-0.05, 0) is 22.9 Å². The summed E-state index contributed by atoms with van der Waals surface area (Å²) in [5, 5.41) is 10.7. The van der Waals surface area contributed by atoms with Gasteiger partial charge in [0.2, 0.25) is 0 Å². The number of nitro groups is 1. The van der Waals surface area contributed by atoms with Gasteiger partial charge in [0.15, 0.2) is 11.9 Å². The second kappa shape index (κ2) is 5.76. The number of benzene rings is 1. The molecule has 0 spiro atoms. The van der Waals surface area contributed by atoms with E-state index in [9.17, 15) is 19.3 Å². The standard InChI is InChI=1S/C10H9BrFNO5/c1-5(10(14)17-2)18-9-3-6(11)7(12)4-8(9)13(15)16/h3-5H,1-2H3/t5-/m1/s1. The van der Waals surface area contributed by atoms with Crippen LogP contribution in [-0.4, -0.2) is 24.1 Å². The largest absolute Gasteiger partial charge is 0.472 e.